The summed E-state index contributed by atoms with van der Waals surface area (Å²) >= 11 is 0. The smallest absolute Gasteiger partial charge is 0.339 e. The van der Waals surface area contributed by atoms with Crippen LogP contribution in [-0.2, 0) is 17.6 Å². The fourth-order valence-corrected chi connectivity index (χ4v) is 1.92. The average molecular weight is 265 g/mol. The molecule has 0 saturated heterocycles. The van der Waals surface area contributed by atoms with E-state index in [1.165, 1.54) is 13.2 Å². The lowest BCUT2D eigenvalue weighted by Gasteiger charge is -2.11. The van der Waals surface area contributed by atoms with Crippen molar-refractivity contribution in [2.75, 3.05) is 7.11 Å². The summed E-state index contributed by atoms with van der Waals surface area (Å²) in [5.74, 6) is -1.61. The first-order chi connectivity index (χ1) is 9.04. The number of ether oxygens (including phenoxy) is 1. The van der Waals surface area contributed by atoms with Crippen LogP contribution in [0, 0.1) is 0 Å². The zero-order valence-electron chi connectivity index (χ0n) is 11.5. The van der Waals surface area contributed by atoms with Crippen LogP contribution in [0.2, 0.25) is 0 Å². The molecule has 0 bridgehead atoms. The van der Waals surface area contributed by atoms with E-state index >= 15 is 0 Å². The second-order valence-corrected chi connectivity index (χ2v) is 4.27. The van der Waals surface area contributed by atoms with E-state index in [1.807, 2.05) is 13.8 Å². The third-order valence-electron chi connectivity index (χ3n) is 2.79. The number of aromatic nitrogens is 1. The lowest BCUT2D eigenvalue weighted by Crippen LogP contribution is -2.14. The summed E-state index contributed by atoms with van der Waals surface area (Å²) in [5, 5.41) is 9.20. The van der Waals surface area contributed by atoms with E-state index in [0.29, 0.717) is 24.2 Å². The molecule has 0 atom stereocenters. The molecular formula is C14H19NO4. The topological polar surface area (TPSA) is 76.5 Å². The quantitative estimate of drug-likeness (QED) is 0.799. The van der Waals surface area contributed by atoms with Crippen molar-refractivity contribution in [3.8, 4) is 0 Å². The Bertz CT molecular complexity index is 483. The molecule has 5 nitrogen and oxygen atoms in total. The van der Waals surface area contributed by atoms with Crippen LogP contribution in [-0.4, -0.2) is 29.1 Å². The maximum atomic E-state index is 11.7. The van der Waals surface area contributed by atoms with E-state index in [-0.39, 0.29) is 11.1 Å². The van der Waals surface area contributed by atoms with Gasteiger partial charge in [-0.3, -0.25) is 4.98 Å². The first-order valence-corrected chi connectivity index (χ1v) is 6.39. The number of carboxylic acids is 1. The van der Waals surface area contributed by atoms with Gasteiger partial charge in [0.05, 0.1) is 29.6 Å². The summed E-state index contributed by atoms with van der Waals surface area (Å²) in [7, 11) is 1.28. The normalized spacial score (nSPS) is 10.3. The molecule has 0 aliphatic heterocycles. The van der Waals surface area contributed by atoms with Gasteiger partial charge in [-0.2, -0.15) is 0 Å². The van der Waals surface area contributed by atoms with Gasteiger partial charge in [-0.25, -0.2) is 9.59 Å². The van der Waals surface area contributed by atoms with Gasteiger partial charge >= 0.3 is 11.9 Å². The monoisotopic (exact) mass is 265 g/mol. The van der Waals surface area contributed by atoms with E-state index in [1.54, 1.807) is 0 Å². The minimum atomic E-state index is -1.07. The van der Waals surface area contributed by atoms with Crippen molar-refractivity contribution < 1.29 is 19.4 Å². The molecule has 0 aromatic carbocycles. The summed E-state index contributed by atoms with van der Waals surface area (Å²) in [4.78, 5) is 27.3. The number of hydrogen-bond donors (Lipinski definition) is 1. The third kappa shape index (κ3) is 3.53. The maximum Gasteiger partial charge on any atom is 0.339 e. The Morgan fingerprint density at radius 3 is 2.11 bits per heavy atom. The molecule has 1 aromatic rings. The number of esters is 1. The number of aromatic carboxylic acids is 1. The molecule has 0 aliphatic rings. The minimum Gasteiger partial charge on any atom is -0.478 e. The van der Waals surface area contributed by atoms with Crippen LogP contribution in [0.15, 0.2) is 6.07 Å². The number of aryl methyl sites for hydroxylation is 2. The van der Waals surface area contributed by atoms with Crippen LogP contribution in [0.4, 0.5) is 0 Å². The van der Waals surface area contributed by atoms with Crippen molar-refractivity contribution in [3.63, 3.8) is 0 Å². The van der Waals surface area contributed by atoms with E-state index in [2.05, 4.69) is 9.72 Å². The molecule has 0 unspecified atom stereocenters. The number of rotatable bonds is 6. The van der Waals surface area contributed by atoms with Crippen LogP contribution in [0.5, 0.6) is 0 Å². The molecule has 19 heavy (non-hydrogen) atoms. The molecule has 1 N–H and O–H groups in total. The number of carbonyl (C=O) groups excluding carboxylic acids is 1. The number of hydrogen-bond acceptors (Lipinski definition) is 4. The summed E-state index contributed by atoms with van der Waals surface area (Å²) in [6.45, 7) is 3.94. The molecule has 104 valence electrons. The molecule has 0 aliphatic carbocycles. The van der Waals surface area contributed by atoms with Crippen LogP contribution in [0.1, 0.15) is 58.8 Å². The molecule has 0 radical (unpaired) electrons. The Kier molecular flexibility index (Phi) is 5.48. The zero-order chi connectivity index (χ0) is 14.4. The van der Waals surface area contributed by atoms with Crippen molar-refractivity contribution in [1.29, 1.82) is 0 Å². The fourth-order valence-electron chi connectivity index (χ4n) is 1.92. The highest BCUT2D eigenvalue weighted by Gasteiger charge is 2.20. The van der Waals surface area contributed by atoms with Gasteiger partial charge in [0.1, 0.15) is 0 Å². The lowest BCUT2D eigenvalue weighted by molar-refractivity contribution is 0.0599. The Balaban J connectivity index is 3.40. The van der Waals surface area contributed by atoms with Gasteiger partial charge in [-0.05, 0) is 18.9 Å². The minimum absolute atomic E-state index is 0.0853. The van der Waals surface area contributed by atoms with E-state index in [9.17, 15) is 14.7 Å². The lowest BCUT2D eigenvalue weighted by atomic mass is 10.0. The Labute approximate surface area is 112 Å². The molecule has 0 fully saturated rings. The van der Waals surface area contributed by atoms with Crippen molar-refractivity contribution in [2.24, 2.45) is 0 Å². The van der Waals surface area contributed by atoms with Gasteiger partial charge in [-0.1, -0.05) is 26.7 Å². The summed E-state index contributed by atoms with van der Waals surface area (Å²) in [6, 6.07) is 1.39. The molecule has 0 spiro atoms. The highest BCUT2D eigenvalue weighted by molar-refractivity contribution is 5.95. The average Bonchev–Trinajstić information content (AvgIpc) is 2.38. The summed E-state index contributed by atoms with van der Waals surface area (Å²) in [6.07, 6.45) is 2.84. The SMILES string of the molecule is CCCc1nc(CCC)c(C(=O)OC)cc1C(=O)O. The number of carboxylic acid groups (broad SMARTS) is 1. The maximum absolute atomic E-state index is 11.7. The van der Waals surface area contributed by atoms with Crippen LogP contribution in [0.3, 0.4) is 0 Å². The third-order valence-corrected chi connectivity index (χ3v) is 2.79. The molecular weight excluding hydrogens is 246 g/mol. The standard InChI is InChI=1S/C14H19NO4/c1-4-6-11-9(13(16)17)8-10(14(18)19-3)12(15-11)7-5-2/h8H,4-7H2,1-3H3,(H,16,17). The first kappa shape index (κ1) is 15.1. The molecule has 1 heterocycles. The van der Waals surface area contributed by atoms with Gasteiger partial charge in [0, 0.05) is 0 Å². The second-order valence-electron chi connectivity index (χ2n) is 4.27. The van der Waals surface area contributed by atoms with E-state index < -0.39 is 11.9 Å². The zero-order valence-corrected chi connectivity index (χ0v) is 11.5. The van der Waals surface area contributed by atoms with Gasteiger partial charge in [-0.15, -0.1) is 0 Å². The van der Waals surface area contributed by atoms with Crippen LogP contribution < -0.4 is 0 Å². The largest absolute Gasteiger partial charge is 0.478 e. The van der Waals surface area contributed by atoms with Crippen molar-refractivity contribution >= 4 is 11.9 Å². The van der Waals surface area contributed by atoms with E-state index in [4.69, 9.17) is 0 Å². The Morgan fingerprint density at radius 1 is 1.16 bits per heavy atom. The van der Waals surface area contributed by atoms with Gasteiger partial charge in [0.15, 0.2) is 0 Å². The van der Waals surface area contributed by atoms with Crippen LogP contribution >= 0.6 is 0 Å². The molecule has 0 saturated carbocycles. The number of carbonyl (C=O) groups is 2. The van der Waals surface area contributed by atoms with Crippen molar-refractivity contribution in [2.45, 2.75) is 39.5 Å². The molecule has 1 rings (SSSR count). The van der Waals surface area contributed by atoms with Gasteiger partial charge < -0.3 is 9.84 Å². The molecule has 5 heteroatoms. The Hall–Kier alpha value is -1.91. The Morgan fingerprint density at radius 2 is 1.68 bits per heavy atom. The molecule has 0 amide bonds. The van der Waals surface area contributed by atoms with Gasteiger partial charge in [0.25, 0.3) is 0 Å². The predicted molar refractivity (Wildman–Crippen MR) is 70.5 cm³/mol. The second kappa shape index (κ2) is 6.87. The molecule has 1 aromatic heterocycles. The van der Waals surface area contributed by atoms with Gasteiger partial charge in [0.2, 0.25) is 0 Å². The van der Waals surface area contributed by atoms with Crippen molar-refractivity contribution in [1.82, 2.24) is 4.98 Å². The fraction of sp³-hybridized carbons (Fsp3) is 0.500. The van der Waals surface area contributed by atoms with E-state index in [0.717, 1.165) is 12.8 Å². The highest BCUT2D eigenvalue weighted by Crippen LogP contribution is 2.18. The number of pyridine rings is 1. The number of methoxy groups -OCH3 is 1. The first-order valence-electron chi connectivity index (χ1n) is 6.39. The van der Waals surface area contributed by atoms with Crippen molar-refractivity contribution in [3.05, 3.63) is 28.6 Å². The summed E-state index contributed by atoms with van der Waals surface area (Å²) < 4.78 is 4.69. The number of nitrogens with zero attached hydrogens (tertiary/aromatic N) is 1. The summed E-state index contributed by atoms with van der Waals surface area (Å²) in [5.41, 5.74) is 1.48. The van der Waals surface area contributed by atoms with Crippen LogP contribution in [0.25, 0.3) is 0 Å². The predicted octanol–water partition coefficient (Wildman–Crippen LogP) is 2.47. The highest BCUT2D eigenvalue weighted by atomic mass is 16.5.